The summed E-state index contributed by atoms with van der Waals surface area (Å²) in [6.07, 6.45) is 1.99. The van der Waals surface area contributed by atoms with E-state index in [-0.39, 0.29) is 0 Å². The number of hydrogen-bond acceptors (Lipinski definition) is 2. The third-order valence-corrected chi connectivity index (χ3v) is 1.56. The second kappa shape index (κ2) is 2.95. The van der Waals surface area contributed by atoms with Gasteiger partial charge in [0, 0.05) is 12.2 Å². The van der Waals surface area contributed by atoms with Crippen molar-refractivity contribution in [1.82, 2.24) is 9.55 Å². The first-order chi connectivity index (χ1) is 5.15. The molecule has 0 aliphatic rings. The molecule has 3 heteroatoms. The molecule has 0 radical (unpaired) electrons. The summed E-state index contributed by atoms with van der Waals surface area (Å²) in [5.41, 5.74) is 0.996. The Morgan fingerprint density at radius 2 is 2.18 bits per heavy atom. The minimum atomic E-state index is 0.408. The van der Waals surface area contributed by atoms with Gasteiger partial charge in [-0.05, 0) is 20.8 Å². The Morgan fingerprint density at radius 1 is 1.55 bits per heavy atom. The zero-order chi connectivity index (χ0) is 8.43. The van der Waals surface area contributed by atoms with Crippen molar-refractivity contribution in [3.05, 3.63) is 11.9 Å². The van der Waals surface area contributed by atoms with E-state index in [0.29, 0.717) is 12.1 Å². The van der Waals surface area contributed by atoms with Crippen LogP contribution in [-0.4, -0.2) is 16.7 Å². The highest BCUT2D eigenvalue weighted by atomic mass is 16.5. The van der Waals surface area contributed by atoms with Crippen LogP contribution in [0.3, 0.4) is 0 Å². The summed E-state index contributed by atoms with van der Waals surface area (Å²) < 4.78 is 7.09. The number of aromatic nitrogens is 2. The lowest BCUT2D eigenvalue weighted by Crippen LogP contribution is -2.01. The molecule has 1 rings (SSSR count). The fraction of sp³-hybridized carbons (Fsp3) is 0.625. The number of rotatable bonds is 2. The molecule has 0 saturated heterocycles. The molecule has 1 heterocycles. The summed E-state index contributed by atoms with van der Waals surface area (Å²) in [5.74, 6) is 0. The fourth-order valence-electron chi connectivity index (χ4n) is 1.01. The highest BCUT2D eigenvalue weighted by molar-refractivity contribution is 5.07. The van der Waals surface area contributed by atoms with Crippen LogP contribution in [0.1, 0.15) is 25.6 Å². The minimum absolute atomic E-state index is 0.408. The summed E-state index contributed by atoms with van der Waals surface area (Å²) >= 11 is 0. The van der Waals surface area contributed by atoms with Crippen molar-refractivity contribution < 1.29 is 4.74 Å². The SMILES string of the molecule is COc1nc(C)cn1C(C)C. The normalized spacial score (nSPS) is 10.6. The highest BCUT2D eigenvalue weighted by Gasteiger charge is 2.06. The van der Waals surface area contributed by atoms with Crippen molar-refractivity contribution in [2.45, 2.75) is 26.8 Å². The van der Waals surface area contributed by atoms with Gasteiger partial charge in [-0.2, -0.15) is 0 Å². The van der Waals surface area contributed by atoms with Gasteiger partial charge < -0.3 is 4.74 Å². The Labute approximate surface area is 67.0 Å². The van der Waals surface area contributed by atoms with Gasteiger partial charge in [0.25, 0.3) is 6.01 Å². The van der Waals surface area contributed by atoms with Gasteiger partial charge in [0.15, 0.2) is 0 Å². The van der Waals surface area contributed by atoms with E-state index < -0.39 is 0 Å². The first-order valence-electron chi connectivity index (χ1n) is 3.74. The lowest BCUT2D eigenvalue weighted by Gasteiger charge is -2.08. The molecule has 11 heavy (non-hydrogen) atoms. The van der Waals surface area contributed by atoms with Crippen LogP contribution in [0.2, 0.25) is 0 Å². The van der Waals surface area contributed by atoms with Crippen LogP contribution in [0.15, 0.2) is 6.20 Å². The second-order valence-electron chi connectivity index (χ2n) is 2.87. The van der Waals surface area contributed by atoms with Crippen molar-refractivity contribution >= 4 is 0 Å². The number of nitrogens with zero attached hydrogens (tertiary/aromatic N) is 2. The predicted octanol–water partition coefficient (Wildman–Crippen LogP) is 1.78. The van der Waals surface area contributed by atoms with E-state index in [9.17, 15) is 0 Å². The van der Waals surface area contributed by atoms with Gasteiger partial charge >= 0.3 is 0 Å². The maximum absolute atomic E-state index is 5.08. The van der Waals surface area contributed by atoms with Gasteiger partial charge in [-0.15, -0.1) is 0 Å². The van der Waals surface area contributed by atoms with Gasteiger partial charge in [-0.3, -0.25) is 4.57 Å². The molecule has 0 aliphatic carbocycles. The minimum Gasteiger partial charge on any atom is -0.468 e. The Kier molecular flexibility index (Phi) is 2.17. The van der Waals surface area contributed by atoms with Gasteiger partial charge in [0.1, 0.15) is 0 Å². The van der Waals surface area contributed by atoms with E-state index in [1.165, 1.54) is 0 Å². The molecule has 0 N–H and O–H groups in total. The van der Waals surface area contributed by atoms with Crippen LogP contribution in [-0.2, 0) is 0 Å². The number of methoxy groups -OCH3 is 1. The summed E-state index contributed by atoms with van der Waals surface area (Å²) in [4.78, 5) is 4.19. The Morgan fingerprint density at radius 3 is 2.55 bits per heavy atom. The number of ether oxygens (including phenoxy) is 1. The monoisotopic (exact) mass is 154 g/mol. The molecule has 0 unspecified atom stereocenters. The Balaban J connectivity index is 3.02. The number of hydrogen-bond donors (Lipinski definition) is 0. The van der Waals surface area contributed by atoms with Crippen LogP contribution in [0.25, 0.3) is 0 Å². The van der Waals surface area contributed by atoms with Gasteiger partial charge in [0.05, 0.1) is 12.8 Å². The molecule has 1 aromatic heterocycles. The van der Waals surface area contributed by atoms with Crippen LogP contribution in [0.5, 0.6) is 6.01 Å². The molecule has 0 saturated carbocycles. The van der Waals surface area contributed by atoms with Crippen molar-refractivity contribution in [3.8, 4) is 6.01 Å². The standard InChI is InChI=1S/C8H14N2O/c1-6(2)10-5-7(3)9-8(10)11-4/h5-6H,1-4H3. The second-order valence-corrected chi connectivity index (χ2v) is 2.87. The zero-order valence-electron chi connectivity index (χ0n) is 7.46. The molecule has 1 aromatic rings. The first kappa shape index (κ1) is 8.11. The Hall–Kier alpha value is -0.990. The molecule has 0 amide bonds. The molecule has 0 atom stereocenters. The molecule has 62 valence electrons. The van der Waals surface area contributed by atoms with Gasteiger partial charge in [0.2, 0.25) is 0 Å². The zero-order valence-corrected chi connectivity index (χ0v) is 7.46. The van der Waals surface area contributed by atoms with Crippen molar-refractivity contribution in [2.24, 2.45) is 0 Å². The van der Waals surface area contributed by atoms with Crippen LogP contribution in [0.4, 0.5) is 0 Å². The van der Waals surface area contributed by atoms with Gasteiger partial charge in [-0.1, -0.05) is 0 Å². The lowest BCUT2D eigenvalue weighted by atomic mass is 10.4. The van der Waals surface area contributed by atoms with E-state index in [1.807, 2.05) is 17.7 Å². The maximum Gasteiger partial charge on any atom is 0.296 e. The summed E-state index contributed by atoms with van der Waals surface area (Å²) in [6.45, 7) is 6.16. The summed E-state index contributed by atoms with van der Waals surface area (Å²) in [6, 6.07) is 1.10. The predicted molar refractivity (Wildman–Crippen MR) is 43.9 cm³/mol. The van der Waals surface area contributed by atoms with Crippen LogP contribution < -0.4 is 4.74 Å². The largest absolute Gasteiger partial charge is 0.468 e. The van der Waals surface area contributed by atoms with Crippen molar-refractivity contribution in [3.63, 3.8) is 0 Å². The molecule has 0 aromatic carbocycles. The van der Waals surface area contributed by atoms with Crippen LogP contribution >= 0.6 is 0 Å². The van der Waals surface area contributed by atoms with Gasteiger partial charge in [-0.25, -0.2) is 4.98 Å². The average molecular weight is 154 g/mol. The number of aryl methyl sites for hydroxylation is 1. The third-order valence-electron chi connectivity index (χ3n) is 1.56. The summed E-state index contributed by atoms with van der Waals surface area (Å²) in [7, 11) is 1.64. The molecule has 0 fully saturated rings. The molecule has 0 spiro atoms. The van der Waals surface area contributed by atoms with Crippen molar-refractivity contribution in [1.29, 1.82) is 0 Å². The maximum atomic E-state index is 5.08. The van der Waals surface area contributed by atoms with Crippen LogP contribution in [0, 0.1) is 6.92 Å². The lowest BCUT2D eigenvalue weighted by molar-refractivity contribution is 0.346. The molecular formula is C8H14N2O. The average Bonchev–Trinajstić information content (AvgIpc) is 2.30. The number of imidazole rings is 1. The Bertz CT molecular complexity index is 240. The molecule has 0 aliphatic heterocycles. The third kappa shape index (κ3) is 1.53. The molecule has 3 nitrogen and oxygen atoms in total. The summed E-state index contributed by atoms with van der Waals surface area (Å²) in [5, 5.41) is 0. The molecular weight excluding hydrogens is 140 g/mol. The van der Waals surface area contributed by atoms with E-state index >= 15 is 0 Å². The van der Waals surface area contributed by atoms with E-state index in [4.69, 9.17) is 4.74 Å². The quantitative estimate of drug-likeness (QED) is 0.649. The van der Waals surface area contributed by atoms with E-state index in [1.54, 1.807) is 7.11 Å². The molecule has 0 bridgehead atoms. The first-order valence-corrected chi connectivity index (χ1v) is 3.74. The van der Waals surface area contributed by atoms with E-state index in [2.05, 4.69) is 18.8 Å². The topological polar surface area (TPSA) is 27.1 Å². The smallest absolute Gasteiger partial charge is 0.296 e. The van der Waals surface area contributed by atoms with E-state index in [0.717, 1.165) is 5.69 Å². The highest BCUT2D eigenvalue weighted by Crippen LogP contribution is 2.16. The fourth-order valence-corrected chi connectivity index (χ4v) is 1.01. The van der Waals surface area contributed by atoms with Crippen molar-refractivity contribution in [2.75, 3.05) is 7.11 Å².